The molecule has 2 amide bonds. The van der Waals surface area contributed by atoms with Crippen LogP contribution >= 0.6 is 0 Å². The Morgan fingerprint density at radius 2 is 2.00 bits per heavy atom. The van der Waals surface area contributed by atoms with Crippen LogP contribution in [0.5, 0.6) is 0 Å². The monoisotopic (exact) mass is 270 g/mol. The van der Waals surface area contributed by atoms with Gasteiger partial charge in [-0.1, -0.05) is 32.6 Å². The molecule has 1 aliphatic carbocycles. The second-order valence-electron chi connectivity index (χ2n) is 5.50. The zero-order chi connectivity index (χ0) is 14.3. The highest BCUT2D eigenvalue weighted by atomic mass is 16.4. The maximum atomic E-state index is 11.8. The lowest BCUT2D eigenvalue weighted by molar-refractivity contribution is -0.143. The number of carboxylic acid groups (broad SMARTS) is 1. The lowest BCUT2D eigenvalue weighted by Crippen LogP contribution is -2.50. The van der Waals surface area contributed by atoms with E-state index in [9.17, 15) is 9.59 Å². The van der Waals surface area contributed by atoms with Crippen LogP contribution in [0, 0.1) is 5.92 Å². The number of carbonyl (C=O) groups excluding carboxylic acids is 1. The minimum absolute atomic E-state index is 0.131. The first-order valence-electron chi connectivity index (χ1n) is 7.34. The van der Waals surface area contributed by atoms with Crippen LogP contribution in [-0.2, 0) is 4.79 Å². The summed E-state index contributed by atoms with van der Waals surface area (Å²) in [6.07, 6.45) is 6.49. The van der Waals surface area contributed by atoms with E-state index >= 15 is 0 Å². The van der Waals surface area contributed by atoms with Crippen molar-refractivity contribution >= 4 is 12.0 Å². The van der Waals surface area contributed by atoms with Crippen molar-refractivity contribution in [1.29, 1.82) is 0 Å². The topological polar surface area (TPSA) is 78.4 Å². The molecule has 0 aliphatic heterocycles. The zero-order valence-corrected chi connectivity index (χ0v) is 11.9. The molecule has 3 unspecified atom stereocenters. The smallest absolute Gasteiger partial charge is 0.315 e. The highest BCUT2D eigenvalue weighted by molar-refractivity contribution is 5.77. The largest absolute Gasteiger partial charge is 0.481 e. The van der Waals surface area contributed by atoms with Crippen molar-refractivity contribution in [3.05, 3.63) is 0 Å². The van der Waals surface area contributed by atoms with Gasteiger partial charge >= 0.3 is 12.0 Å². The first-order chi connectivity index (χ1) is 9.04. The zero-order valence-electron chi connectivity index (χ0n) is 11.9. The van der Waals surface area contributed by atoms with Gasteiger partial charge < -0.3 is 15.7 Å². The molecule has 5 heteroatoms. The van der Waals surface area contributed by atoms with Gasteiger partial charge in [0.15, 0.2) is 0 Å². The number of amides is 2. The van der Waals surface area contributed by atoms with E-state index in [2.05, 4.69) is 17.6 Å². The molecule has 0 saturated heterocycles. The molecular formula is C14H26N2O3. The first kappa shape index (κ1) is 15.8. The number of nitrogens with one attached hydrogen (secondary N) is 2. The predicted molar refractivity (Wildman–Crippen MR) is 74.0 cm³/mol. The molecule has 0 aromatic rings. The average Bonchev–Trinajstić information content (AvgIpc) is 2.36. The van der Waals surface area contributed by atoms with Gasteiger partial charge in [0.2, 0.25) is 0 Å². The number of unbranched alkanes of at least 4 members (excludes halogenated alkanes) is 1. The normalized spacial score (nSPS) is 24.5. The van der Waals surface area contributed by atoms with Gasteiger partial charge in [0, 0.05) is 12.1 Å². The summed E-state index contributed by atoms with van der Waals surface area (Å²) in [5.41, 5.74) is 0. The molecule has 0 spiro atoms. The third-order valence-corrected chi connectivity index (χ3v) is 3.77. The molecule has 0 bridgehead atoms. The molecule has 0 aromatic heterocycles. The summed E-state index contributed by atoms with van der Waals surface area (Å²) >= 11 is 0. The highest BCUT2D eigenvalue weighted by Crippen LogP contribution is 2.24. The molecule has 0 radical (unpaired) electrons. The Kier molecular flexibility index (Phi) is 6.67. The maximum absolute atomic E-state index is 11.8. The summed E-state index contributed by atoms with van der Waals surface area (Å²) in [4.78, 5) is 23.0. The lowest BCUT2D eigenvalue weighted by Gasteiger charge is -2.29. The van der Waals surface area contributed by atoms with Gasteiger partial charge in [-0.15, -0.1) is 0 Å². The van der Waals surface area contributed by atoms with Gasteiger partial charge in [0.1, 0.15) is 0 Å². The first-order valence-corrected chi connectivity index (χ1v) is 7.34. The standard InChI is InChI=1S/C14H26N2O3/c1-3-4-7-10(2)15-14(19)16-12-9-6-5-8-11(12)13(17)18/h10-12H,3-9H2,1-2H3,(H,17,18)(H2,15,16,19). The van der Waals surface area contributed by atoms with Crippen molar-refractivity contribution in [2.24, 2.45) is 5.92 Å². The summed E-state index contributed by atoms with van der Waals surface area (Å²) in [7, 11) is 0. The Morgan fingerprint density at radius 1 is 1.32 bits per heavy atom. The van der Waals surface area contributed by atoms with Crippen molar-refractivity contribution in [3.63, 3.8) is 0 Å². The fraction of sp³-hybridized carbons (Fsp3) is 0.857. The van der Waals surface area contributed by atoms with Crippen molar-refractivity contribution in [3.8, 4) is 0 Å². The Balaban J connectivity index is 2.39. The number of aliphatic carboxylic acids is 1. The fourth-order valence-corrected chi connectivity index (χ4v) is 2.62. The predicted octanol–water partition coefficient (Wildman–Crippen LogP) is 2.51. The van der Waals surface area contributed by atoms with E-state index in [1.807, 2.05) is 6.92 Å². The van der Waals surface area contributed by atoms with Gasteiger partial charge in [-0.25, -0.2) is 4.79 Å². The Bertz CT molecular complexity index is 307. The van der Waals surface area contributed by atoms with Gasteiger partial charge in [0.05, 0.1) is 5.92 Å². The molecule has 0 aromatic carbocycles. The van der Waals surface area contributed by atoms with Gasteiger partial charge in [0.25, 0.3) is 0 Å². The van der Waals surface area contributed by atoms with E-state index in [4.69, 9.17) is 5.11 Å². The molecule has 19 heavy (non-hydrogen) atoms. The summed E-state index contributed by atoms with van der Waals surface area (Å²) < 4.78 is 0. The quantitative estimate of drug-likeness (QED) is 0.694. The van der Waals surface area contributed by atoms with Gasteiger partial charge in [-0.2, -0.15) is 0 Å². The maximum Gasteiger partial charge on any atom is 0.315 e. The van der Waals surface area contributed by atoms with Crippen molar-refractivity contribution < 1.29 is 14.7 Å². The molecule has 3 atom stereocenters. The van der Waals surface area contributed by atoms with Crippen molar-refractivity contribution in [1.82, 2.24) is 10.6 Å². The lowest BCUT2D eigenvalue weighted by atomic mass is 9.84. The van der Waals surface area contributed by atoms with Crippen LogP contribution < -0.4 is 10.6 Å². The molecule has 3 N–H and O–H groups in total. The Hall–Kier alpha value is -1.26. The van der Waals surface area contributed by atoms with Crippen LogP contribution in [0.4, 0.5) is 4.79 Å². The number of carboxylic acids is 1. The van der Waals surface area contributed by atoms with Crippen LogP contribution in [-0.4, -0.2) is 29.2 Å². The molecular weight excluding hydrogens is 244 g/mol. The van der Waals surface area contributed by atoms with Crippen LogP contribution in [0.2, 0.25) is 0 Å². The van der Waals surface area contributed by atoms with E-state index in [1.165, 1.54) is 0 Å². The van der Waals surface area contributed by atoms with E-state index in [1.54, 1.807) is 0 Å². The number of urea groups is 1. The number of hydrogen-bond donors (Lipinski definition) is 3. The van der Waals surface area contributed by atoms with Crippen LogP contribution in [0.25, 0.3) is 0 Å². The molecule has 1 aliphatic rings. The summed E-state index contributed by atoms with van der Waals surface area (Å²) in [6.45, 7) is 4.09. The Morgan fingerprint density at radius 3 is 2.63 bits per heavy atom. The van der Waals surface area contributed by atoms with Crippen molar-refractivity contribution in [2.45, 2.75) is 70.9 Å². The second-order valence-corrected chi connectivity index (χ2v) is 5.50. The Labute approximate surface area is 115 Å². The summed E-state index contributed by atoms with van der Waals surface area (Å²) in [5.74, 6) is -1.24. The van der Waals surface area contributed by atoms with Crippen LogP contribution in [0.15, 0.2) is 0 Å². The molecule has 5 nitrogen and oxygen atoms in total. The van der Waals surface area contributed by atoms with E-state index in [0.29, 0.717) is 6.42 Å². The van der Waals surface area contributed by atoms with Crippen molar-refractivity contribution in [2.75, 3.05) is 0 Å². The molecule has 110 valence electrons. The minimum atomic E-state index is -0.802. The van der Waals surface area contributed by atoms with Crippen LogP contribution in [0.3, 0.4) is 0 Å². The highest BCUT2D eigenvalue weighted by Gasteiger charge is 2.31. The summed E-state index contributed by atoms with van der Waals surface area (Å²) in [6, 6.07) is -0.335. The fourth-order valence-electron chi connectivity index (χ4n) is 2.62. The SMILES string of the molecule is CCCCC(C)NC(=O)NC1CCCCC1C(=O)O. The van der Waals surface area contributed by atoms with Gasteiger partial charge in [-0.3, -0.25) is 4.79 Å². The number of hydrogen-bond acceptors (Lipinski definition) is 2. The third kappa shape index (κ3) is 5.49. The van der Waals surface area contributed by atoms with Gasteiger partial charge in [-0.05, 0) is 26.2 Å². The molecule has 1 rings (SSSR count). The molecule has 0 heterocycles. The minimum Gasteiger partial charge on any atom is -0.481 e. The average molecular weight is 270 g/mol. The number of rotatable bonds is 6. The molecule has 1 fully saturated rings. The summed E-state index contributed by atoms with van der Waals surface area (Å²) in [5, 5.41) is 14.9. The van der Waals surface area contributed by atoms with E-state index in [0.717, 1.165) is 38.5 Å². The van der Waals surface area contributed by atoms with E-state index in [-0.39, 0.29) is 18.1 Å². The van der Waals surface area contributed by atoms with Crippen LogP contribution in [0.1, 0.15) is 58.8 Å². The second kappa shape index (κ2) is 8.02. The van der Waals surface area contributed by atoms with E-state index < -0.39 is 11.9 Å². The number of carbonyl (C=O) groups is 2. The molecule has 1 saturated carbocycles. The third-order valence-electron chi connectivity index (χ3n) is 3.77.